The van der Waals surface area contributed by atoms with Crippen LogP contribution in [0.15, 0.2) is 11.6 Å². The third kappa shape index (κ3) is 3.42. The highest BCUT2D eigenvalue weighted by atomic mass is 16.3. The van der Waals surface area contributed by atoms with Gasteiger partial charge in [-0.1, -0.05) is 65.5 Å². The number of hydrogen-bond acceptors (Lipinski definition) is 1. The Balaban J connectivity index is 1.49. The molecule has 3 saturated carbocycles. The number of allylic oxidation sites excluding steroid dienone is 1. The fourth-order valence-corrected chi connectivity index (χ4v) is 8.67. The van der Waals surface area contributed by atoms with Gasteiger partial charge in [-0.05, 0) is 97.7 Å². The summed E-state index contributed by atoms with van der Waals surface area (Å²) in [5, 5.41) is 10.2. The van der Waals surface area contributed by atoms with Crippen LogP contribution in [0.5, 0.6) is 0 Å². The highest BCUT2D eigenvalue weighted by molar-refractivity contribution is 5.25. The number of hydrogen-bond donors (Lipinski definition) is 1. The normalized spacial score (nSPS) is 46.5. The van der Waals surface area contributed by atoms with Gasteiger partial charge in [-0.2, -0.15) is 0 Å². The molecule has 0 heterocycles. The lowest BCUT2D eigenvalue weighted by Gasteiger charge is -2.58. The van der Waals surface area contributed by atoms with E-state index in [1.807, 2.05) is 0 Å². The van der Waals surface area contributed by atoms with Crippen molar-refractivity contribution in [3.63, 3.8) is 0 Å². The Kier molecular flexibility index (Phi) is 5.80. The second-order valence-corrected chi connectivity index (χ2v) is 12.2. The maximum absolute atomic E-state index is 10.2. The SMILES string of the molecule is CC(C)CCCC(C)[C@H]1CCC2C3CC=C4CC(O)CCC4(C)C3CC[C@@]21C. The molecular formula is C27H46O. The van der Waals surface area contributed by atoms with Crippen molar-refractivity contribution in [2.24, 2.45) is 46.3 Å². The molecule has 0 amide bonds. The topological polar surface area (TPSA) is 20.2 Å². The fourth-order valence-electron chi connectivity index (χ4n) is 8.67. The summed E-state index contributed by atoms with van der Waals surface area (Å²) < 4.78 is 0. The van der Waals surface area contributed by atoms with Gasteiger partial charge in [0.2, 0.25) is 0 Å². The van der Waals surface area contributed by atoms with Crippen LogP contribution in [0.2, 0.25) is 0 Å². The van der Waals surface area contributed by atoms with Crippen LogP contribution in [0.3, 0.4) is 0 Å². The van der Waals surface area contributed by atoms with E-state index in [0.29, 0.717) is 10.8 Å². The summed E-state index contributed by atoms with van der Waals surface area (Å²) in [4.78, 5) is 0. The first-order valence-electron chi connectivity index (χ1n) is 12.6. The van der Waals surface area contributed by atoms with Crippen LogP contribution in [0.1, 0.15) is 105 Å². The Morgan fingerprint density at radius 3 is 2.54 bits per heavy atom. The fraction of sp³-hybridized carbons (Fsp3) is 0.926. The molecule has 28 heavy (non-hydrogen) atoms. The van der Waals surface area contributed by atoms with E-state index in [1.54, 1.807) is 5.57 Å². The molecule has 8 atom stereocenters. The predicted octanol–water partition coefficient (Wildman–Crippen LogP) is 7.39. The Morgan fingerprint density at radius 1 is 1.00 bits per heavy atom. The number of rotatable bonds is 5. The van der Waals surface area contributed by atoms with Gasteiger partial charge in [-0.15, -0.1) is 0 Å². The zero-order valence-electron chi connectivity index (χ0n) is 19.3. The molecule has 6 unspecified atom stereocenters. The minimum Gasteiger partial charge on any atom is -0.393 e. The summed E-state index contributed by atoms with van der Waals surface area (Å²) in [7, 11) is 0. The van der Waals surface area contributed by atoms with Gasteiger partial charge in [-0.25, -0.2) is 0 Å². The van der Waals surface area contributed by atoms with Gasteiger partial charge >= 0.3 is 0 Å². The molecule has 0 spiro atoms. The van der Waals surface area contributed by atoms with Crippen LogP contribution in [0, 0.1) is 46.3 Å². The molecule has 0 aliphatic heterocycles. The Morgan fingerprint density at radius 2 is 1.79 bits per heavy atom. The van der Waals surface area contributed by atoms with Gasteiger partial charge < -0.3 is 5.11 Å². The minimum absolute atomic E-state index is 0.0766. The third-order valence-electron chi connectivity index (χ3n) is 10.3. The lowest BCUT2D eigenvalue weighted by molar-refractivity contribution is -0.0573. The first-order valence-corrected chi connectivity index (χ1v) is 12.6. The Hall–Kier alpha value is -0.300. The molecule has 4 rings (SSSR count). The quantitative estimate of drug-likeness (QED) is 0.488. The molecule has 0 aromatic rings. The molecule has 1 N–H and O–H groups in total. The monoisotopic (exact) mass is 386 g/mol. The molecule has 4 aliphatic carbocycles. The summed E-state index contributed by atoms with van der Waals surface area (Å²) >= 11 is 0. The molecule has 4 aliphatic rings. The van der Waals surface area contributed by atoms with E-state index in [-0.39, 0.29) is 6.10 Å². The average molecular weight is 387 g/mol. The molecule has 0 aromatic carbocycles. The zero-order chi connectivity index (χ0) is 20.1. The van der Waals surface area contributed by atoms with Gasteiger partial charge in [0.1, 0.15) is 0 Å². The van der Waals surface area contributed by atoms with E-state index in [1.165, 1.54) is 57.8 Å². The molecule has 0 aromatic heterocycles. The maximum Gasteiger partial charge on any atom is 0.0577 e. The lowest BCUT2D eigenvalue weighted by Crippen LogP contribution is -2.50. The van der Waals surface area contributed by atoms with Crippen molar-refractivity contribution in [2.45, 2.75) is 111 Å². The van der Waals surface area contributed by atoms with Gasteiger partial charge in [-0.3, -0.25) is 0 Å². The summed E-state index contributed by atoms with van der Waals surface area (Å²) in [5.41, 5.74) is 2.60. The lowest BCUT2D eigenvalue weighted by atomic mass is 9.47. The van der Waals surface area contributed by atoms with E-state index < -0.39 is 0 Å². The first kappa shape index (κ1) is 21.0. The number of aliphatic hydroxyl groups excluding tert-OH is 1. The van der Waals surface area contributed by atoms with Crippen molar-refractivity contribution in [3.05, 3.63) is 11.6 Å². The molecule has 0 radical (unpaired) electrons. The van der Waals surface area contributed by atoms with Gasteiger partial charge in [0, 0.05) is 0 Å². The molecule has 160 valence electrons. The van der Waals surface area contributed by atoms with E-state index >= 15 is 0 Å². The van der Waals surface area contributed by atoms with Crippen molar-refractivity contribution in [3.8, 4) is 0 Å². The van der Waals surface area contributed by atoms with Crippen molar-refractivity contribution in [1.29, 1.82) is 0 Å². The molecule has 3 fully saturated rings. The highest BCUT2D eigenvalue weighted by Crippen LogP contribution is 2.67. The summed E-state index contributed by atoms with van der Waals surface area (Å²) in [5.74, 6) is 5.46. The van der Waals surface area contributed by atoms with Crippen LogP contribution in [0.4, 0.5) is 0 Å². The summed E-state index contributed by atoms with van der Waals surface area (Å²) in [6.45, 7) is 12.6. The highest BCUT2D eigenvalue weighted by Gasteiger charge is 2.59. The molecule has 1 nitrogen and oxygen atoms in total. The second-order valence-electron chi connectivity index (χ2n) is 12.2. The van der Waals surface area contributed by atoms with Crippen LogP contribution in [0.25, 0.3) is 0 Å². The van der Waals surface area contributed by atoms with Crippen molar-refractivity contribution in [1.82, 2.24) is 0 Å². The summed E-state index contributed by atoms with van der Waals surface area (Å²) in [6.07, 6.45) is 17.2. The number of aliphatic hydroxyl groups is 1. The van der Waals surface area contributed by atoms with E-state index in [4.69, 9.17) is 0 Å². The molecule has 0 saturated heterocycles. The van der Waals surface area contributed by atoms with Crippen LogP contribution in [-0.4, -0.2) is 11.2 Å². The molecular weight excluding hydrogens is 340 g/mol. The second kappa shape index (κ2) is 7.75. The first-order chi connectivity index (χ1) is 13.3. The zero-order valence-corrected chi connectivity index (χ0v) is 19.3. The van der Waals surface area contributed by atoms with Crippen molar-refractivity contribution in [2.75, 3.05) is 0 Å². The number of fused-ring (bicyclic) bond motifs is 5. The Bertz CT molecular complexity index is 591. The minimum atomic E-state index is -0.0766. The predicted molar refractivity (Wildman–Crippen MR) is 119 cm³/mol. The largest absolute Gasteiger partial charge is 0.393 e. The van der Waals surface area contributed by atoms with Crippen LogP contribution < -0.4 is 0 Å². The van der Waals surface area contributed by atoms with Crippen LogP contribution >= 0.6 is 0 Å². The van der Waals surface area contributed by atoms with Gasteiger partial charge in [0.05, 0.1) is 6.10 Å². The molecule has 0 bridgehead atoms. The van der Waals surface area contributed by atoms with Crippen molar-refractivity contribution >= 4 is 0 Å². The molecule has 1 heteroatoms. The third-order valence-corrected chi connectivity index (χ3v) is 10.3. The average Bonchev–Trinajstić information content (AvgIpc) is 2.99. The van der Waals surface area contributed by atoms with Crippen LogP contribution in [-0.2, 0) is 0 Å². The maximum atomic E-state index is 10.2. The van der Waals surface area contributed by atoms with Gasteiger partial charge in [0.15, 0.2) is 0 Å². The van der Waals surface area contributed by atoms with E-state index in [2.05, 4.69) is 40.7 Å². The van der Waals surface area contributed by atoms with E-state index in [9.17, 15) is 5.11 Å². The Labute approximate surface area is 174 Å². The standard InChI is InChI=1S/C27H46O/c1-18(2)7-6-8-19(3)23-11-12-24-22-10-9-20-17-21(28)13-15-26(20,4)25(22)14-16-27(23,24)5/h9,18-19,21-25,28H,6-8,10-17H2,1-5H3/t19?,21?,22?,23-,24?,25?,26?,27-/m1/s1. The van der Waals surface area contributed by atoms with Gasteiger partial charge in [0.25, 0.3) is 0 Å². The summed E-state index contributed by atoms with van der Waals surface area (Å²) in [6, 6.07) is 0. The van der Waals surface area contributed by atoms with E-state index in [0.717, 1.165) is 48.3 Å². The smallest absolute Gasteiger partial charge is 0.0577 e. The van der Waals surface area contributed by atoms with Crippen molar-refractivity contribution < 1.29 is 5.11 Å².